The van der Waals surface area contributed by atoms with Crippen molar-refractivity contribution in [3.05, 3.63) is 0 Å². The Hall–Kier alpha value is 0.980. The van der Waals surface area contributed by atoms with E-state index in [1.54, 1.807) is 0 Å². The van der Waals surface area contributed by atoms with Crippen molar-refractivity contribution in [2.24, 2.45) is 0 Å². The van der Waals surface area contributed by atoms with Gasteiger partial charge in [-0.1, -0.05) is 168 Å². The fourth-order valence-electron chi connectivity index (χ4n) is 4.58. The molecule has 11 heteroatoms. The molecule has 0 fully saturated rings. The molecule has 0 unspecified atom stereocenters. The van der Waals surface area contributed by atoms with Gasteiger partial charge in [0.15, 0.2) is 0 Å². The van der Waals surface area contributed by atoms with Gasteiger partial charge in [-0.05, 0) is 12.8 Å². The van der Waals surface area contributed by atoms with Gasteiger partial charge in [-0.25, -0.2) is 13.0 Å². The third-order valence-corrected chi connectivity index (χ3v) is 7.96. The topological polar surface area (TPSA) is 133 Å². The van der Waals surface area contributed by atoms with Crippen LogP contribution in [0.25, 0.3) is 0 Å². The summed E-state index contributed by atoms with van der Waals surface area (Å²) in [6.07, 6.45) is 32.3. The van der Waals surface area contributed by atoms with Crippen molar-refractivity contribution in [2.45, 2.75) is 181 Å². The van der Waals surface area contributed by atoms with Crippen LogP contribution in [0.2, 0.25) is 0 Å². The van der Waals surface area contributed by atoms with Crippen LogP contribution in [0.3, 0.4) is 0 Å². The minimum Gasteiger partial charge on any atom is -0.726 e. The largest absolute Gasteiger partial charge is 1.00 e. The molecule has 0 bridgehead atoms. The van der Waals surface area contributed by atoms with Gasteiger partial charge in [0.25, 0.3) is 0 Å². The summed E-state index contributed by atoms with van der Waals surface area (Å²) in [5.74, 6) is 0. The van der Waals surface area contributed by atoms with Gasteiger partial charge >= 0.3 is 37.4 Å². The second-order valence-corrected chi connectivity index (χ2v) is 13.3. The standard InChI is InChI=1S/C18H38O4S.C12H27O4P.Na/c1-2-3-4-5-6-7-8-9-10-11-12-13-14-15-16-17-18-22-23(19,20)21;1-2-3-4-5-6-7-8-9-10-11-12-16-17(13,14)15;/h2-18H2,1H3,(H,19,20,21);2-12H2,1H3,(H2,13,14,15);/q;;+1/p-1. The van der Waals surface area contributed by atoms with E-state index in [1.165, 1.54) is 128 Å². The summed E-state index contributed by atoms with van der Waals surface area (Å²) in [5.41, 5.74) is 0. The number of phosphoric ester groups is 1. The van der Waals surface area contributed by atoms with Crippen molar-refractivity contribution in [3.8, 4) is 0 Å². The monoisotopic (exact) mass is 638 g/mol. The van der Waals surface area contributed by atoms with Crippen molar-refractivity contribution >= 4 is 18.2 Å². The third-order valence-electron chi connectivity index (χ3n) is 6.98. The maximum atomic E-state index is 10.4. The van der Waals surface area contributed by atoms with Crippen LogP contribution < -0.4 is 29.6 Å². The third kappa shape index (κ3) is 50.9. The minimum atomic E-state index is -4.49. The summed E-state index contributed by atoms with van der Waals surface area (Å²) in [6.45, 7) is 4.68. The Kier molecular flexibility index (Phi) is 40.1. The van der Waals surface area contributed by atoms with E-state index in [0.29, 0.717) is 6.42 Å². The van der Waals surface area contributed by atoms with Crippen molar-refractivity contribution in [1.29, 1.82) is 0 Å². The van der Waals surface area contributed by atoms with E-state index in [1.807, 2.05) is 0 Å². The molecule has 0 aromatic carbocycles. The average molecular weight is 639 g/mol. The van der Waals surface area contributed by atoms with E-state index in [4.69, 9.17) is 9.79 Å². The van der Waals surface area contributed by atoms with Crippen LogP contribution in [-0.2, 0) is 23.7 Å². The van der Waals surface area contributed by atoms with Gasteiger partial charge in [0, 0.05) is 0 Å². The summed E-state index contributed by atoms with van der Waals surface area (Å²) in [4.78, 5) is 16.9. The molecule has 0 amide bonds. The molecule has 0 spiro atoms. The van der Waals surface area contributed by atoms with Crippen molar-refractivity contribution in [3.63, 3.8) is 0 Å². The quantitative estimate of drug-likeness (QED) is 0.0290. The molecule has 41 heavy (non-hydrogen) atoms. The molecule has 244 valence electrons. The molecule has 0 aliphatic carbocycles. The molecule has 0 saturated heterocycles. The van der Waals surface area contributed by atoms with Gasteiger partial charge in [0.2, 0.25) is 10.4 Å². The fraction of sp³-hybridized carbons (Fsp3) is 1.00. The van der Waals surface area contributed by atoms with Crippen LogP contribution >= 0.6 is 7.82 Å². The molecular formula is C30H64NaO8PS. The molecule has 0 aromatic rings. The molecule has 8 nitrogen and oxygen atoms in total. The average Bonchev–Trinajstić information content (AvgIpc) is 2.88. The Morgan fingerprint density at radius 2 is 0.756 bits per heavy atom. The van der Waals surface area contributed by atoms with E-state index < -0.39 is 18.2 Å². The fourth-order valence-corrected chi connectivity index (χ4v) is 5.27. The van der Waals surface area contributed by atoms with Crippen LogP contribution in [0.5, 0.6) is 0 Å². The summed E-state index contributed by atoms with van der Waals surface area (Å²) in [7, 11) is -8.74. The normalized spacial score (nSPS) is 11.6. The first-order chi connectivity index (χ1) is 19.1. The van der Waals surface area contributed by atoms with Crippen LogP contribution in [0.15, 0.2) is 0 Å². The van der Waals surface area contributed by atoms with Gasteiger partial charge in [-0.2, -0.15) is 0 Å². The molecule has 0 heterocycles. The van der Waals surface area contributed by atoms with Gasteiger partial charge in [0.1, 0.15) is 0 Å². The Labute approximate surface area is 276 Å². The summed E-state index contributed by atoms with van der Waals surface area (Å²) in [6, 6.07) is 0. The zero-order valence-electron chi connectivity index (χ0n) is 27.0. The van der Waals surface area contributed by atoms with Gasteiger partial charge < -0.3 is 14.3 Å². The van der Waals surface area contributed by atoms with Crippen molar-refractivity contribution in [2.75, 3.05) is 13.2 Å². The van der Waals surface area contributed by atoms with Crippen LogP contribution in [0.1, 0.15) is 181 Å². The van der Waals surface area contributed by atoms with Crippen LogP contribution in [0, 0.1) is 0 Å². The zero-order chi connectivity index (χ0) is 30.2. The SMILES string of the molecule is CCCCCCCCCCCCCCCCCCOS(=O)(=O)[O-].CCCCCCCCCCCCOP(=O)(O)O.[Na+]. The van der Waals surface area contributed by atoms with E-state index in [0.717, 1.165) is 32.1 Å². The predicted molar refractivity (Wildman–Crippen MR) is 165 cm³/mol. The smallest absolute Gasteiger partial charge is 0.726 e. The Morgan fingerprint density at radius 3 is 1.00 bits per heavy atom. The number of rotatable bonds is 30. The predicted octanol–water partition coefficient (Wildman–Crippen LogP) is 6.75. The van der Waals surface area contributed by atoms with Crippen molar-refractivity contribution < 1.29 is 65.6 Å². The zero-order valence-corrected chi connectivity index (χ0v) is 30.7. The number of hydrogen-bond donors (Lipinski definition) is 2. The van der Waals surface area contributed by atoms with E-state index >= 15 is 0 Å². The molecule has 0 radical (unpaired) electrons. The van der Waals surface area contributed by atoms with E-state index in [9.17, 15) is 17.5 Å². The summed E-state index contributed by atoms with van der Waals surface area (Å²) >= 11 is 0. The van der Waals surface area contributed by atoms with Crippen molar-refractivity contribution in [1.82, 2.24) is 0 Å². The molecule has 0 aliphatic rings. The van der Waals surface area contributed by atoms with Crippen LogP contribution in [-0.4, -0.2) is 36.0 Å². The molecule has 0 rings (SSSR count). The first-order valence-electron chi connectivity index (χ1n) is 16.4. The van der Waals surface area contributed by atoms with Gasteiger partial charge in [0.05, 0.1) is 13.2 Å². The second-order valence-electron chi connectivity index (χ2n) is 11.0. The van der Waals surface area contributed by atoms with E-state index in [2.05, 4.69) is 22.6 Å². The number of unbranched alkanes of at least 4 members (excludes halogenated alkanes) is 24. The summed E-state index contributed by atoms with van der Waals surface area (Å²) < 4.78 is 49.5. The molecule has 0 saturated carbocycles. The van der Waals surface area contributed by atoms with E-state index in [-0.39, 0.29) is 42.8 Å². The molecular weight excluding hydrogens is 574 g/mol. The van der Waals surface area contributed by atoms with Gasteiger partial charge in [-0.15, -0.1) is 0 Å². The minimum absolute atomic E-state index is 0. The maximum absolute atomic E-state index is 10.4. The number of hydrogen-bond acceptors (Lipinski definition) is 6. The molecule has 0 aliphatic heterocycles. The Balaban J connectivity index is -0.000000718. The first-order valence-corrected chi connectivity index (χ1v) is 19.3. The first kappa shape index (κ1) is 46.4. The molecule has 2 N–H and O–H groups in total. The van der Waals surface area contributed by atoms with Crippen LogP contribution in [0.4, 0.5) is 0 Å². The second kappa shape index (κ2) is 35.5. The molecule has 0 aromatic heterocycles. The maximum Gasteiger partial charge on any atom is 1.00 e. The Bertz CT molecular complexity index is 646. The number of phosphoric acid groups is 1. The Morgan fingerprint density at radius 1 is 0.512 bits per heavy atom. The summed E-state index contributed by atoms with van der Waals surface area (Å²) in [5, 5.41) is 0. The van der Waals surface area contributed by atoms with Gasteiger partial charge in [-0.3, -0.25) is 8.71 Å². The molecule has 0 atom stereocenters.